The second-order valence-electron chi connectivity index (χ2n) is 3.75. The molecule has 0 aliphatic carbocycles. The molecule has 1 unspecified atom stereocenters. The van der Waals surface area contributed by atoms with E-state index >= 15 is 0 Å². The topological polar surface area (TPSA) is 71.2 Å². The van der Waals surface area contributed by atoms with Crippen molar-refractivity contribution < 1.29 is 5.11 Å². The smallest absolute Gasteiger partial charge is 0.126 e. The largest absolute Gasteiger partial charge is 0.397 e. The maximum atomic E-state index is 9.52. The molecule has 0 saturated heterocycles. The van der Waals surface area contributed by atoms with Gasteiger partial charge in [0.05, 0.1) is 18.0 Å². The van der Waals surface area contributed by atoms with Crippen LogP contribution >= 0.6 is 0 Å². The van der Waals surface area contributed by atoms with Crippen LogP contribution in [-0.4, -0.2) is 22.7 Å². The minimum Gasteiger partial charge on any atom is -0.397 e. The van der Waals surface area contributed by atoms with Gasteiger partial charge < -0.3 is 16.2 Å². The van der Waals surface area contributed by atoms with Gasteiger partial charge in [0, 0.05) is 6.54 Å². The van der Waals surface area contributed by atoms with E-state index in [1.54, 1.807) is 6.20 Å². The lowest BCUT2D eigenvalue weighted by Gasteiger charge is -2.11. The van der Waals surface area contributed by atoms with Crippen molar-refractivity contribution in [3.8, 4) is 0 Å². The lowest BCUT2D eigenvalue weighted by Crippen LogP contribution is -2.19. The van der Waals surface area contributed by atoms with E-state index in [1.807, 2.05) is 13.0 Å². The Kier molecular flexibility index (Phi) is 4.37. The van der Waals surface area contributed by atoms with Crippen molar-refractivity contribution in [1.82, 2.24) is 4.98 Å². The molecule has 0 fully saturated rings. The van der Waals surface area contributed by atoms with E-state index in [0.717, 1.165) is 24.2 Å². The molecule has 0 aliphatic heterocycles. The number of aryl methyl sites for hydroxylation is 1. The highest BCUT2D eigenvalue weighted by Gasteiger charge is 2.03. The second-order valence-corrected chi connectivity index (χ2v) is 3.75. The molecule has 1 aromatic heterocycles. The Balaban J connectivity index is 2.47. The third-order valence-electron chi connectivity index (χ3n) is 2.29. The van der Waals surface area contributed by atoms with E-state index in [0.29, 0.717) is 12.2 Å². The van der Waals surface area contributed by atoms with Crippen LogP contribution in [0.4, 0.5) is 11.5 Å². The molecule has 0 saturated carbocycles. The minimum atomic E-state index is -0.311. The molecule has 0 spiro atoms. The third-order valence-corrected chi connectivity index (χ3v) is 2.29. The Hall–Kier alpha value is -1.29. The molecule has 1 aromatic rings. The van der Waals surface area contributed by atoms with Crippen molar-refractivity contribution in [2.45, 2.75) is 32.8 Å². The average Bonchev–Trinajstić information content (AvgIpc) is 2.20. The van der Waals surface area contributed by atoms with Crippen LogP contribution in [0.2, 0.25) is 0 Å². The van der Waals surface area contributed by atoms with Gasteiger partial charge in [0.15, 0.2) is 0 Å². The molecule has 4 N–H and O–H groups in total. The summed E-state index contributed by atoms with van der Waals surface area (Å²) in [4.78, 5) is 4.12. The summed E-state index contributed by atoms with van der Waals surface area (Å²) in [6.07, 6.45) is 3.11. The third kappa shape index (κ3) is 3.75. The highest BCUT2D eigenvalue weighted by Crippen LogP contribution is 2.13. The fraction of sp³-hybridized carbons (Fsp3) is 0.545. The van der Waals surface area contributed by atoms with E-state index < -0.39 is 0 Å². The Morgan fingerprint density at radius 2 is 2.33 bits per heavy atom. The summed E-state index contributed by atoms with van der Waals surface area (Å²) in [5.74, 6) is 0.761. The van der Waals surface area contributed by atoms with Crippen molar-refractivity contribution in [1.29, 1.82) is 0 Å². The summed E-state index contributed by atoms with van der Waals surface area (Å²) in [6, 6.07) is 1.88. The maximum absolute atomic E-state index is 9.52. The normalized spacial score (nSPS) is 12.5. The first-order valence-corrected chi connectivity index (χ1v) is 5.27. The molecule has 4 heteroatoms. The first kappa shape index (κ1) is 11.8. The van der Waals surface area contributed by atoms with Crippen LogP contribution in [0.3, 0.4) is 0 Å². The molecule has 1 rings (SSSR count). The zero-order chi connectivity index (χ0) is 11.3. The molecule has 84 valence electrons. The van der Waals surface area contributed by atoms with Gasteiger partial charge in [0.25, 0.3) is 0 Å². The molecule has 0 aromatic carbocycles. The van der Waals surface area contributed by atoms with Gasteiger partial charge >= 0.3 is 0 Å². The number of rotatable bonds is 5. The van der Waals surface area contributed by atoms with Gasteiger partial charge in [-0.25, -0.2) is 4.98 Å². The van der Waals surface area contributed by atoms with E-state index in [-0.39, 0.29) is 6.10 Å². The summed E-state index contributed by atoms with van der Waals surface area (Å²) < 4.78 is 0. The molecule has 0 aliphatic rings. The first-order valence-electron chi connectivity index (χ1n) is 5.27. The van der Waals surface area contributed by atoms with Gasteiger partial charge in [-0.05, 0) is 25.0 Å². The maximum Gasteiger partial charge on any atom is 0.126 e. The van der Waals surface area contributed by atoms with Crippen LogP contribution in [0.1, 0.15) is 25.3 Å². The van der Waals surface area contributed by atoms with Crippen molar-refractivity contribution in [3.63, 3.8) is 0 Å². The molecule has 0 bridgehead atoms. The van der Waals surface area contributed by atoms with Crippen LogP contribution in [0, 0.1) is 6.92 Å². The number of nitrogens with zero attached hydrogens (tertiary/aromatic N) is 1. The molecular weight excluding hydrogens is 190 g/mol. The number of aromatic nitrogens is 1. The fourth-order valence-electron chi connectivity index (χ4n) is 1.32. The number of pyridine rings is 1. The summed E-state index contributed by atoms with van der Waals surface area (Å²) in [5, 5.41) is 12.6. The van der Waals surface area contributed by atoms with E-state index in [4.69, 9.17) is 5.73 Å². The molecule has 0 radical (unpaired) electrons. The number of hydrogen-bond donors (Lipinski definition) is 3. The summed E-state index contributed by atoms with van der Waals surface area (Å²) in [6.45, 7) is 4.52. The van der Waals surface area contributed by atoms with E-state index in [1.165, 1.54) is 0 Å². The van der Waals surface area contributed by atoms with Crippen LogP contribution in [0.25, 0.3) is 0 Å². The highest BCUT2D eigenvalue weighted by atomic mass is 16.3. The molecule has 0 amide bonds. The highest BCUT2D eigenvalue weighted by molar-refractivity contribution is 5.50. The lowest BCUT2D eigenvalue weighted by molar-refractivity contribution is 0.176. The van der Waals surface area contributed by atoms with E-state index in [9.17, 15) is 5.11 Å². The number of nitrogens with two attached hydrogens (primary N) is 1. The van der Waals surface area contributed by atoms with Gasteiger partial charge in [-0.15, -0.1) is 0 Å². The molecule has 1 heterocycles. The van der Waals surface area contributed by atoms with Crippen molar-refractivity contribution in [3.05, 3.63) is 17.8 Å². The average molecular weight is 209 g/mol. The SMILES string of the molecule is CCCC(O)CNc1cc(C)c(N)cn1. The quantitative estimate of drug-likeness (QED) is 0.688. The fourth-order valence-corrected chi connectivity index (χ4v) is 1.32. The first-order chi connectivity index (χ1) is 7.13. The minimum absolute atomic E-state index is 0.311. The lowest BCUT2D eigenvalue weighted by atomic mass is 10.2. The predicted molar refractivity (Wildman–Crippen MR) is 62.8 cm³/mol. The Morgan fingerprint density at radius 3 is 2.93 bits per heavy atom. The van der Waals surface area contributed by atoms with Crippen molar-refractivity contribution in [2.75, 3.05) is 17.6 Å². The molecular formula is C11H19N3O. The number of hydrogen-bond acceptors (Lipinski definition) is 4. The second kappa shape index (κ2) is 5.56. The zero-order valence-corrected chi connectivity index (χ0v) is 9.33. The summed E-state index contributed by atoms with van der Waals surface area (Å²) >= 11 is 0. The molecule has 1 atom stereocenters. The number of anilines is 2. The van der Waals surface area contributed by atoms with Crippen LogP contribution < -0.4 is 11.1 Å². The Bertz CT molecular complexity index is 315. The molecule has 15 heavy (non-hydrogen) atoms. The van der Waals surface area contributed by atoms with E-state index in [2.05, 4.69) is 17.2 Å². The van der Waals surface area contributed by atoms with Crippen molar-refractivity contribution >= 4 is 11.5 Å². The Morgan fingerprint density at radius 1 is 1.60 bits per heavy atom. The van der Waals surface area contributed by atoms with Crippen molar-refractivity contribution in [2.24, 2.45) is 0 Å². The Labute approximate surface area is 90.5 Å². The zero-order valence-electron chi connectivity index (χ0n) is 9.33. The van der Waals surface area contributed by atoms with Gasteiger partial charge in [0.1, 0.15) is 5.82 Å². The van der Waals surface area contributed by atoms with Crippen LogP contribution in [-0.2, 0) is 0 Å². The van der Waals surface area contributed by atoms with Gasteiger partial charge in [-0.2, -0.15) is 0 Å². The summed E-state index contributed by atoms with van der Waals surface area (Å²) in [5.41, 5.74) is 7.34. The standard InChI is InChI=1S/C11H19N3O/c1-3-4-9(15)6-13-11-5-8(2)10(12)7-14-11/h5,7,9,15H,3-4,6,12H2,1-2H3,(H,13,14). The number of aliphatic hydroxyl groups excluding tert-OH is 1. The van der Waals surface area contributed by atoms with Crippen LogP contribution in [0.15, 0.2) is 12.3 Å². The monoisotopic (exact) mass is 209 g/mol. The summed E-state index contributed by atoms with van der Waals surface area (Å²) in [7, 11) is 0. The van der Waals surface area contributed by atoms with Gasteiger partial charge in [-0.3, -0.25) is 0 Å². The number of aliphatic hydroxyl groups is 1. The predicted octanol–water partition coefficient (Wildman–Crippen LogP) is 1.55. The van der Waals surface area contributed by atoms with Gasteiger partial charge in [0.2, 0.25) is 0 Å². The number of nitrogen functional groups attached to an aromatic ring is 1. The van der Waals surface area contributed by atoms with Gasteiger partial charge in [-0.1, -0.05) is 13.3 Å². The molecule has 4 nitrogen and oxygen atoms in total. The number of nitrogens with one attached hydrogen (secondary N) is 1. The van der Waals surface area contributed by atoms with Crippen LogP contribution in [0.5, 0.6) is 0 Å².